The SMILES string of the molecule is CC(C)COP(=O)(O)CCC=NO. The molecule has 1 atom stereocenters. The standard InChI is InChI=1S/C7H16NO4P/c1-7(2)6-12-13(10,11)5-3-4-8-9/h4,7,9H,3,5-6H2,1-2H3,(H,10,11). The van der Waals surface area contributed by atoms with Gasteiger partial charge in [-0.1, -0.05) is 13.8 Å². The molecule has 1 unspecified atom stereocenters. The van der Waals surface area contributed by atoms with Crippen LogP contribution in [0.2, 0.25) is 0 Å². The molecule has 0 bridgehead atoms. The van der Waals surface area contributed by atoms with Crippen LogP contribution in [0.4, 0.5) is 0 Å². The molecule has 0 saturated heterocycles. The van der Waals surface area contributed by atoms with Gasteiger partial charge in [0.1, 0.15) is 0 Å². The van der Waals surface area contributed by atoms with Crippen molar-refractivity contribution in [2.45, 2.75) is 20.3 Å². The Hall–Kier alpha value is -0.380. The van der Waals surface area contributed by atoms with Crippen LogP contribution >= 0.6 is 7.60 Å². The van der Waals surface area contributed by atoms with Gasteiger partial charge in [0.05, 0.1) is 12.8 Å². The van der Waals surface area contributed by atoms with Crippen LogP contribution in [0.25, 0.3) is 0 Å². The highest BCUT2D eigenvalue weighted by Crippen LogP contribution is 2.42. The summed E-state index contributed by atoms with van der Waals surface area (Å²) in [6.07, 6.45) is 1.40. The first-order valence-corrected chi connectivity index (χ1v) is 5.86. The summed E-state index contributed by atoms with van der Waals surface area (Å²) in [7, 11) is -3.48. The van der Waals surface area contributed by atoms with E-state index >= 15 is 0 Å². The van der Waals surface area contributed by atoms with E-state index in [1.54, 1.807) is 0 Å². The van der Waals surface area contributed by atoms with Crippen molar-refractivity contribution in [3.05, 3.63) is 0 Å². The highest BCUT2D eigenvalue weighted by molar-refractivity contribution is 7.52. The molecule has 0 aromatic rings. The summed E-state index contributed by atoms with van der Waals surface area (Å²) in [5.41, 5.74) is 0. The number of oxime groups is 1. The Bertz CT molecular complexity index is 205. The average Bonchev–Trinajstić information content (AvgIpc) is 2.02. The molecule has 0 saturated carbocycles. The summed E-state index contributed by atoms with van der Waals surface area (Å²) in [4.78, 5) is 9.18. The lowest BCUT2D eigenvalue weighted by atomic mass is 10.2. The molecular weight excluding hydrogens is 193 g/mol. The Kier molecular flexibility index (Phi) is 5.95. The molecule has 0 rings (SSSR count). The Morgan fingerprint density at radius 3 is 2.69 bits per heavy atom. The normalized spacial score (nSPS) is 16.6. The van der Waals surface area contributed by atoms with Gasteiger partial charge in [0, 0.05) is 6.21 Å². The van der Waals surface area contributed by atoms with Crippen molar-refractivity contribution in [2.24, 2.45) is 11.1 Å². The van der Waals surface area contributed by atoms with Crippen LogP contribution in [0.3, 0.4) is 0 Å². The van der Waals surface area contributed by atoms with E-state index in [0.29, 0.717) is 0 Å². The lowest BCUT2D eigenvalue weighted by Gasteiger charge is -2.12. The first-order valence-electron chi connectivity index (χ1n) is 4.10. The maximum absolute atomic E-state index is 11.2. The fourth-order valence-electron chi connectivity index (χ4n) is 0.609. The van der Waals surface area contributed by atoms with Gasteiger partial charge in [-0.15, -0.1) is 5.16 Å². The summed E-state index contributed by atoms with van der Waals surface area (Å²) in [5, 5.41) is 10.8. The van der Waals surface area contributed by atoms with Crippen molar-refractivity contribution < 1.29 is 19.2 Å². The molecule has 0 aromatic heterocycles. The van der Waals surface area contributed by atoms with Gasteiger partial charge in [-0.05, 0) is 12.3 Å². The van der Waals surface area contributed by atoms with Crippen LogP contribution in [-0.2, 0) is 9.09 Å². The second-order valence-electron chi connectivity index (χ2n) is 3.14. The molecule has 0 aliphatic heterocycles. The number of nitrogens with zero attached hydrogens (tertiary/aromatic N) is 1. The van der Waals surface area contributed by atoms with Crippen molar-refractivity contribution >= 4 is 13.8 Å². The zero-order valence-electron chi connectivity index (χ0n) is 7.88. The van der Waals surface area contributed by atoms with Gasteiger partial charge in [0.2, 0.25) is 0 Å². The molecule has 0 aromatic carbocycles. The maximum Gasteiger partial charge on any atom is 0.328 e. The van der Waals surface area contributed by atoms with Crippen LogP contribution in [0.15, 0.2) is 5.16 Å². The van der Waals surface area contributed by atoms with Gasteiger partial charge >= 0.3 is 7.60 Å². The van der Waals surface area contributed by atoms with Crippen molar-refractivity contribution in [3.8, 4) is 0 Å². The molecule has 0 amide bonds. The summed E-state index contributed by atoms with van der Waals surface area (Å²) in [5.74, 6) is 0.229. The van der Waals surface area contributed by atoms with Crippen molar-refractivity contribution in [2.75, 3.05) is 12.8 Å². The minimum Gasteiger partial charge on any atom is -0.411 e. The van der Waals surface area contributed by atoms with E-state index in [1.165, 1.54) is 6.21 Å². The van der Waals surface area contributed by atoms with E-state index in [1.807, 2.05) is 13.8 Å². The smallest absolute Gasteiger partial charge is 0.328 e. The van der Waals surface area contributed by atoms with Gasteiger partial charge in [0.15, 0.2) is 0 Å². The predicted octanol–water partition coefficient (Wildman–Crippen LogP) is 1.69. The largest absolute Gasteiger partial charge is 0.411 e. The van der Waals surface area contributed by atoms with Crippen LogP contribution in [-0.4, -0.2) is 29.1 Å². The lowest BCUT2D eigenvalue weighted by Crippen LogP contribution is -2.02. The summed E-state index contributed by atoms with van der Waals surface area (Å²) < 4.78 is 16.0. The molecule has 2 N–H and O–H groups in total. The molecule has 0 spiro atoms. The first-order chi connectivity index (χ1) is 5.98. The van der Waals surface area contributed by atoms with Crippen molar-refractivity contribution in [1.29, 1.82) is 0 Å². The summed E-state index contributed by atoms with van der Waals surface area (Å²) >= 11 is 0. The molecule has 0 heterocycles. The van der Waals surface area contributed by atoms with Crippen LogP contribution < -0.4 is 0 Å². The summed E-state index contributed by atoms with van der Waals surface area (Å²) in [6, 6.07) is 0. The average molecular weight is 209 g/mol. The molecular formula is C7H16NO4P. The molecule has 0 radical (unpaired) electrons. The third-order valence-corrected chi connectivity index (χ3v) is 2.61. The zero-order valence-corrected chi connectivity index (χ0v) is 8.78. The van der Waals surface area contributed by atoms with E-state index < -0.39 is 7.60 Å². The van der Waals surface area contributed by atoms with Crippen molar-refractivity contribution in [1.82, 2.24) is 0 Å². The second kappa shape index (κ2) is 6.13. The second-order valence-corrected chi connectivity index (χ2v) is 5.12. The monoisotopic (exact) mass is 209 g/mol. The van der Waals surface area contributed by atoms with Gasteiger partial charge in [-0.25, -0.2) is 0 Å². The topological polar surface area (TPSA) is 79.1 Å². The highest BCUT2D eigenvalue weighted by atomic mass is 31.2. The molecule has 0 aliphatic carbocycles. The van der Waals surface area contributed by atoms with Gasteiger partial charge in [-0.2, -0.15) is 0 Å². The Labute approximate surface area is 77.9 Å². The first kappa shape index (κ1) is 12.6. The lowest BCUT2D eigenvalue weighted by molar-refractivity contribution is 0.230. The fourth-order valence-corrected chi connectivity index (χ4v) is 1.71. The highest BCUT2D eigenvalue weighted by Gasteiger charge is 2.18. The van der Waals surface area contributed by atoms with Crippen LogP contribution in [0.1, 0.15) is 20.3 Å². The predicted molar refractivity (Wildman–Crippen MR) is 50.4 cm³/mol. The molecule has 78 valence electrons. The Morgan fingerprint density at radius 2 is 2.23 bits per heavy atom. The minimum atomic E-state index is -3.48. The van der Waals surface area contributed by atoms with Crippen LogP contribution in [0, 0.1) is 5.92 Å². The van der Waals surface area contributed by atoms with Gasteiger partial charge in [0.25, 0.3) is 0 Å². The Morgan fingerprint density at radius 1 is 1.62 bits per heavy atom. The van der Waals surface area contributed by atoms with E-state index in [9.17, 15) is 9.46 Å². The summed E-state index contributed by atoms with van der Waals surface area (Å²) in [6.45, 7) is 4.06. The Balaban J connectivity index is 3.73. The van der Waals surface area contributed by atoms with E-state index in [-0.39, 0.29) is 25.1 Å². The molecule has 0 fully saturated rings. The van der Waals surface area contributed by atoms with E-state index in [0.717, 1.165) is 0 Å². The molecule has 13 heavy (non-hydrogen) atoms. The van der Waals surface area contributed by atoms with Gasteiger partial charge in [-0.3, -0.25) is 4.57 Å². The third-order valence-electron chi connectivity index (χ3n) is 1.23. The molecule has 0 aliphatic rings. The quantitative estimate of drug-likeness (QED) is 0.302. The van der Waals surface area contributed by atoms with Crippen LogP contribution in [0.5, 0.6) is 0 Å². The van der Waals surface area contributed by atoms with E-state index in [4.69, 9.17) is 9.73 Å². The number of hydrogen-bond donors (Lipinski definition) is 2. The maximum atomic E-state index is 11.2. The van der Waals surface area contributed by atoms with Crippen molar-refractivity contribution in [3.63, 3.8) is 0 Å². The number of hydrogen-bond acceptors (Lipinski definition) is 4. The molecule has 6 heteroatoms. The number of rotatable bonds is 6. The molecule has 5 nitrogen and oxygen atoms in total. The fraction of sp³-hybridized carbons (Fsp3) is 0.857. The third kappa shape index (κ3) is 7.96. The van der Waals surface area contributed by atoms with Gasteiger partial charge < -0.3 is 14.6 Å². The van der Waals surface area contributed by atoms with E-state index in [2.05, 4.69) is 5.16 Å². The zero-order chi connectivity index (χ0) is 10.3. The minimum absolute atomic E-state index is 0.0101.